The highest BCUT2D eigenvalue weighted by atomic mass is 35.5. The summed E-state index contributed by atoms with van der Waals surface area (Å²) in [6, 6.07) is 0. The van der Waals surface area contributed by atoms with Crippen LogP contribution in [0.25, 0.3) is 0 Å². The number of ether oxygens (including phenoxy) is 1. The smallest absolute Gasteiger partial charge is 0.316 e. The highest BCUT2D eigenvalue weighted by Gasteiger charge is 2.29. The van der Waals surface area contributed by atoms with E-state index < -0.39 is 11.9 Å². The summed E-state index contributed by atoms with van der Waals surface area (Å²) in [5.74, 6) is -1.31. The molecule has 1 unspecified atom stereocenters. The van der Waals surface area contributed by atoms with E-state index in [9.17, 15) is 9.59 Å². The third-order valence-corrected chi connectivity index (χ3v) is 2.18. The lowest BCUT2D eigenvalue weighted by Gasteiger charge is -2.16. The maximum atomic E-state index is 11.3. The minimum Gasteiger partial charge on any atom is -0.465 e. The minimum atomic E-state index is -0.637. The standard InChI is InChI=1S/C9H11ClO3/c1-2-13-9(12)7-4-3-6(10)5-8(7)11/h5,7H,2-4H2,1H3. The molecule has 0 amide bonds. The number of ketones is 1. The topological polar surface area (TPSA) is 43.4 Å². The van der Waals surface area contributed by atoms with E-state index in [1.54, 1.807) is 6.92 Å². The van der Waals surface area contributed by atoms with Crippen LogP contribution in [0.15, 0.2) is 11.1 Å². The Morgan fingerprint density at radius 1 is 1.77 bits per heavy atom. The van der Waals surface area contributed by atoms with E-state index in [0.29, 0.717) is 24.5 Å². The third kappa shape index (κ3) is 2.56. The number of esters is 1. The van der Waals surface area contributed by atoms with Gasteiger partial charge in [0.15, 0.2) is 5.78 Å². The molecule has 0 saturated heterocycles. The van der Waals surface area contributed by atoms with E-state index in [4.69, 9.17) is 16.3 Å². The van der Waals surface area contributed by atoms with Crippen molar-refractivity contribution < 1.29 is 14.3 Å². The number of carbonyl (C=O) groups is 2. The van der Waals surface area contributed by atoms with Crippen molar-refractivity contribution in [2.24, 2.45) is 5.92 Å². The molecular weight excluding hydrogens is 192 g/mol. The maximum Gasteiger partial charge on any atom is 0.316 e. The van der Waals surface area contributed by atoms with Gasteiger partial charge >= 0.3 is 5.97 Å². The Morgan fingerprint density at radius 2 is 2.46 bits per heavy atom. The van der Waals surface area contributed by atoms with Gasteiger partial charge in [-0.1, -0.05) is 11.6 Å². The predicted molar refractivity (Wildman–Crippen MR) is 48.3 cm³/mol. The number of allylic oxidation sites excluding steroid dienone is 2. The molecule has 1 rings (SSSR count). The van der Waals surface area contributed by atoms with Crippen LogP contribution in [-0.2, 0) is 14.3 Å². The molecule has 13 heavy (non-hydrogen) atoms. The van der Waals surface area contributed by atoms with Crippen molar-refractivity contribution >= 4 is 23.4 Å². The normalized spacial score (nSPS) is 22.5. The summed E-state index contributed by atoms with van der Waals surface area (Å²) >= 11 is 5.65. The molecule has 0 aromatic heterocycles. The number of rotatable bonds is 2. The quantitative estimate of drug-likeness (QED) is 0.505. The molecule has 1 atom stereocenters. The summed E-state index contributed by atoms with van der Waals surface area (Å²) in [5, 5.41) is 0.519. The largest absolute Gasteiger partial charge is 0.465 e. The minimum absolute atomic E-state index is 0.241. The van der Waals surface area contributed by atoms with Crippen LogP contribution in [0.1, 0.15) is 19.8 Å². The molecule has 1 aliphatic rings. The lowest BCUT2D eigenvalue weighted by atomic mass is 9.93. The van der Waals surface area contributed by atoms with Gasteiger partial charge in [0.25, 0.3) is 0 Å². The van der Waals surface area contributed by atoms with Crippen molar-refractivity contribution in [1.29, 1.82) is 0 Å². The Bertz CT molecular complexity index is 258. The summed E-state index contributed by atoms with van der Waals surface area (Å²) in [6.07, 6.45) is 2.36. The first-order valence-electron chi connectivity index (χ1n) is 4.21. The second kappa shape index (κ2) is 4.42. The van der Waals surface area contributed by atoms with Crippen LogP contribution >= 0.6 is 11.6 Å². The molecule has 0 N–H and O–H groups in total. The van der Waals surface area contributed by atoms with Gasteiger partial charge in [-0.2, -0.15) is 0 Å². The van der Waals surface area contributed by atoms with Gasteiger partial charge in [-0.3, -0.25) is 9.59 Å². The second-order valence-corrected chi connectivity index (χ2v) is 3.32. The van der Waals surface area contributed by atoms with Crippen LogP contribution in [0, 0.1) is 5.92 Å². The van der Waals surface area contributed by atoms with Crippen molar-refractivity contribution in [1.82, 2.24) is 0 Å². The zero-order chi connectivity index (χ0) is 9.84. The fourth-order valence-electron chi connectivity index (χ4n) is 1.23. The van der Waals surface area contributed by atoms with Gasteiger partial charge in [0.1, 0.15) is 5.92 Å². The molecule has 3 nitrogen and oxygen atoms in total. The first kappa shape index (κ1) is 10.3. The fraction of sp³-hybridized carbons (Fsp3) is 0.556. The van der Waals surface area contributed by atoms with Gasteiger partial charge in [-0.25, -0.2) is 0 Å². The van der Waals surface area contributed by atoms with E-state index >= 15 is 0 Å². The van der Waals surface area contributed by atoms with Crippen LogP contribution in [0.5, 0.6) is 0 Å². The molecule has 0 fully saturated rings. The number of hydrogen-bond donors (Lipinski definition) is 0. The van der Waals surface area contributed by atoms with Gasteiger partial charge in [0, 0.05) is 5.03 Å². The van der Waals surface area contributed by atoms with Crippen molar-refractivity contribution in [3.63, 3.8) is 0 Å². The van der Waals surface area contributed by atoms with Crippen LogP contribution in [0.3, 0.4) is 0 Å². The van der Waals surface area contributed by atoms with Gasteiger partial charge in [-0.05, 0) is 25.8 Å². The zero-order valence-electron chi connectivity index (χ0n) is 7.38. The maximum absolute atomic E-state index is 11.3. The summed E-state index contributed by atoms with van der Waals surface area (Å²) in [6.45, 7) is 2.02. The molecule has 0 bridgehead atoms. The molecule has 4 heteroatoms. The van der Waals surface area contributed by atoms with Crippen LogP contribution in [-0.4, -0.2) is 18.4 Å². The van der Waals surface area contributed by atoms with Crippen molar-refractivity contribution in [3.05, 3.63) is 11.1 Å². The molecule has 0 aromatic carbocycles. The Balaban J connectivity index is 2.63. The monoisotopic (exact) mass is 202 g/mol. The van der Waals surface area contributed by atoms with Crippen LogP contribution < -0.4 is 0 Å². The summed E-state index contributed by atoms with van der Waals surface area (Å²) in [5.41, 5.74) is 0. The molecule has 1 aliphatic carbocycles. The van der Waals surface area contributed by atoms with Crippen molar-refractivity contribution in [2.75, 3.05) is 6.61 Å². The average molecular weight is 203 g/mol. The summed E-state index contributed by atoms with van der Waals surface area (Å²) in [4.78, 5) is 22.5. The number of hydrogen-bond acceptors (Lipinski definition) is 3. The molecule has 72 valence electrons. The van der Waals surface area contributed by atoms with Crippen molar-refractivity contribution in [3.8, 4) is 0 Å². The van der Waals surface area contributed by atoms with E-state index in [2.05, 4.69) is 0 Å². The average Bonchev–Trinajstić information content (AvgIpc) is 2.04. The second-order valence-electron chi connectivity index (χ2n) is 2.84. The predicted octanol–water partition coefficient (Wildman–Crippen LogP) is 1.65. The first-order valence-corrected chi connectivity index (χ1v) is 4.59. The van der Waals surface area contributed by atoms with Crippen molar-refractivity contribution in [2.45, 2.75) is 19.8 Å². The van der Waals surface area contributed by atoms with Crippen LogP contribution in [0.2, 0.25) is 0 Å². The van der Waals surface area contributed by atoms with Gasteiger partial charge in [0.2, 0.25) is 0 Å². The molecular formula is C9H11ClO3. The number of carbonyl (C=O) groups excluding carboxylic acids is 2. The van der Waals surface area contributed by atoms with E-state index in [0.717, 1.165) is 0 Å². The Hall–Kier alpha value is -0.830. The Morgan fingerprint density at radius 3 is 3.00 bits per heavy atom. The summed E-state index contributed by atoms with van der Waals surface area (Å²) < 4.78 is 4.75. The first-order chi connectivity index (χ1) is 6.15. The third-order valence-electron chi connectivity index (χ3n) is 1.89. The van der Waals surface area contributed by atoms with Crippen LogP contribution in [0.4, 0.5) is 0 Å². The van der Waals surface area contributed by atoms with Gasteiger partial charge in [-0.15, -0.1) is 0 Å². The highest BCUT2D eigenvalue weighted by molar-refractivity contribution is 6.31. The molecule has 0 aromatic rings. The lowest BCUT2D eigenvalue weighted by Crippen LogP contribution is -2.27. The Labute approximate surface area is 81.7 Å². The SMILES string of the molecule is CCOC(=O)C1CCC(Cl)=CC1=O. The Kier molecular flexibility index (Phi) is 3.48. The summed E-state index contributed by atoms with van der Waals surface area (Å²) in [7, 11) is 0. The van der Waals surface area contributed by atoms with E-state index in [-0.39, 0.29) is 5.78 Å². The number of halogens is 1. The van der Waals surface area contributed by atoms with E-state index in [1.165, 1.54) is 6.08 Å². The molecule has 0 saturated carbocycles. The molecule has 0 spiro atoms. The molecule has 0 radical (unpaired) electrons. The fourth-order valence-corrected chi connectivity index (χ4v) is 1.45. The van der Waals surface area contributed by atoms with E-state index in [1.807, 2.05) is 0 Å². The highest BCUT2D eigenvalue weighted by Crippen LogP contribution is 2.24. The zero-order valence-corrected chi connectivity index (χ0v) is 8.13. The molecule has 0 aliphatic heterocycles. The lowest BCUT2D eigenvalue weighted by molar-refractivity contribution is -0.151. The molecule has 0 heterocycles. The van der Waals surface area contributed by atoms with Gasteiger partial charge in [0.05, 0.1) is 6.61 Å². The van der Waals surface area contributed by atoms with Gasteiger partial charge < -0.3 is 4.74 Å².